The third kappa shape index (κ3) is 4.36. The van der Waals surface area contributed by atoms with Gasteiger partial charge in [0.05, 0.1) is 5.52 Å². The highest BCUT2D eigenvalue weighted by atomic mass is 16.2. The van der Waals surface area contributed by atoms with Gasteiger partial charge in [0.2, 0.25) is 5.91 Å². The second kappa shape index (κ2) is 9.75. The van der Waals surface area contributed by atoms with Crippen molar-refractivity contribution in [2.24, 2.45) is 0 Å². The van der Waals surface area contributed by atoms with E-state index in [4.69, 9.17) is 0 Å². The average Bonchev–Trinajstić information content (AvgIpc) is 2.94. The Kier molecular flexibility index (Phi) is 6.14. The molecule has 2 aliphatic rings. The number of pyridine rings is 1. The molecule has 6 rings (SSSR count). The van der Waals surface area contributed by atoms with Gasteiger partial charge in [-0.05, 0) is 35.6 Å². The van der Waals surface area contributed by atoms with Crippen LogP contribution in [0.15, 0.2) is 72.9 Å². The fourth-order valence-corrected chi connectivity index (χ4v) is 5.52. The lowest BCUT2D eigenvalue weighted by atomic mass is 9.94. The largest absolute Gasteiger partial charge is 0.340 e. The van der Waals surface area contributed by atoms with Crippen LogP contribution >= 0.6 is 0 Å². The van der Waals surface area contributed by atoms with Crippen molar-refractivity contribution in [3.63, 3.8) is 0 Å². The van der Waals surface area contributed by atoms with Crippen molar-refractivity contribution in [1.29, 1.82) is 0 Å². The van der Waals surface area contributed by atoms with E-state index in [2.05, 4.69) is 34.1 Å². The number of piperazine rings is 1. The number of carbonyl (C=O) groups is 3. The van der Waals surface area contributed by atoms with Crippen LogP contribution in [0, 0.1) is 0 Å². The Morgan fingerprint density at radius 2 is 1.43 bits per heavy atom. The molecule has 0 bridgehead atoms. The average molecular weight is 493 g/mol. The Balaban J connectivity index is 1.03. The van der Waals surface area contributed by atoms with Gasteiger partial charge in [0.25, 0.3) is 11.8 Å². The Bertz CT molecular complexity index is 1470. The van der Waals surface area contributed by atoms with Crippen LogP contribution in [0.3, 0.4) is 0 Å². The summed E-state index contributed by atoms with van der Waals surface area (Å²) in [5, 5.41) is 2.76. The predicted molar refractivity (Wildman–Crippen MR) is 142 cm³/mol. The first-order valence-electron chi connectivity index (χ1n) is 12.8. The van der Waals surface area contributed by atoms with Gasteiger partial charge in [-0.3, -0.25) is 29.2 Å². The zero-order valence-corrected chi connectivity index (χ0v) is 20.6. The summed E-state index contributed by atoms with van der Waals surface area (Å²) < 4.78 is 0. The fourth-order valence-electron chi connectivity index (χ4n) is 5.52. The zero-order valence-electron chi connectivity index (χ0n) is 20.6. The first kappa shape index (κ1) is 23.3. The maximum absolute atomic E-state index is 13.1. The summed E-state index contributed by atoms with van der Waals surface area (Å²) in [6.07, 6.45) is 2.60. The van der Waals surface area contributed by atoms with Crippen molar-refractivity contribution in [1.82, 2.24) is 19.7 Å². The van der Waals surface area contributed by atoms with Crippen LogP contribution in [0.1, 0.15) is 39.1 Å². The molecular formula is C30H28N4O3. The molecule has 0 N–H and O–H groups in total. The van der Waals surface area contributed by atoms with Gasteiger partial charge in [0.15, 0.2) is 0 Å². The number of rotatable bonds is 6. The minimum atomic E-state index is -0.279. The Hall–Kier alpha value is -4.10. The van der Waals surface area contributed by atoms with E-state index in [1.165, 1.54) is 10.5 Å². The maximum atomic E-state index is 13.1. The highest BCUT2D eigenvalue weighted by Gasteiger charge is 2.32. The molecule has 3 heterocycles. The van der Waals surface area contributed by atoms with Crippen molar-refractivity contribution in [3.05, 3.63) is 89.6 Å². The lowest BCUT2D eigenvalue weighted by Crippen LogP contribution is -2.48. The summed E-state index contributed by atoms with van der Waals surface area (Å²) in [5.41, 5.74) is 3.34. The van der Waals surface area contributed by atoms with E-state index in [-0.39, 0.29) is 24.3 Å². The molecule has 3 aromatic carbocycles. The smallest absolute Gasteiger partial charge is 0.261 e. The quantitative estimate of drug-likeness (QED) is 0.379. The summed E-state index contributed by atoms with van der Waals surface area (Å²) >= 11 is 0. The first-order chi connectivity index (χ1) is 18.1. The zero-order chi connectivity index (χ0) is 25.4. The van der Waals surface area contributed by atoms with Crippen LogP contribution in [-0.2, 0) is 11.3 Å². The van der Waals surface area contributed by atoms with Crippen molar-refractivity contribution in [3.8, 4) is 0 Å². The predicted octanol–water partition coefficient (Wildman–Crippen LogP) is 4.11. The molecule has 2 aliphatic heterocycles. The molecule has 0 spiro atoms. The van der Waals surface area contributed by atoms with E-state index in [0.717, 1.165) is 41.3 Å². The first-order valence-corrected chi connectivity index (χ1v) is 12.8. The van der Waals surface area contributed by atoms with Crippen molar-refractivity contribution < 1.29 is 14.4 Å². The number of hydrogen-bond donors (Lipinski definition) is 0. The molecule has 0 saturated carbocycles. The van der Waals surface area contributed by atoms with Gasteiger partial charge in [0.1, 0.15) is 0 Å². The standard InChI is InChI=1S/C30H28N4O3/c35-26(33-18-16-32(17-19-33)20-23-9-1-8-22-10-4-14-31-28(22)23)13-5-15-34-29(36)24-11-2-6-21-7-3-12-25(27(21)24)30(34)37/h1-4,6-12,14H,5,13,15-20H2. The molecule has 0 atom stereocenters. The summed E-state index contributed by atoms with van der Waals surface area (Å²) in [6.45, 7) is 4.01. The summed E-state index contributed by atoms with van der Waals surface area (Å²) in [5.74, 6) is -0.484. The minimum Gasteiger partial charge on any atom is -0.340 e. The van der Waals surface area contributed by atoms with Gasteiger partial charge in [0, 0.05) is 73.8 Å². The van der Waals surface area contributed by atoms with Crippen molar-refractivity contribution in [2.75, 3.05) is 32.7 Å². The van der Waals surface area contributed by atoms with E-state index in [1.807, 2.05) is 41.4 Å². The van der Waals surface area contributed by atoms with Crippen LogP contribution < -0.4 is 0 Å². The van der Waals surface area contributed by atoms with E-state index >= 15 is 0 Å². The molecule has 37 heavy (non-hydrogen) atoms. The molecule has 7 nitrogen and oxygen atoms in total. The second-order valence-corrected chi connectivity index (χ2v) is 9.72. The van der Waals surface area contributed by atoms with Crippen LogP contribution in [-0.4, -0.2) is 70.1 Å². The molecule has 7 heteroatoms. The third-order valence-corrected chi connectivity index (χ3v) is 7.46. The number of imide groups is 1. The highest BCUT2D eigenvalue weighted by molar-refractivity contribution is 6.25. The summed E-state index contributed by atoms with van der Waals surface area (Å²) in [6, 6.07) is 21.3. The van der Waals surface area contributed by atoms with Gasteiger partial charge in [-0.1, -0.05) is 48.5 Å². The number of para-hydroxylation sites is 1. The van der Waals surface area contributed by atoms with E-state index in [0.29, 0.717) is 37.1 Å². The third-order valence-electron chi connectivity index (χ3n) is 7.46. The normalized spacial score (nSPS) is 16.1. The molecule has 1 aromatic heterocycles. The maximum Gasteiger partial charge on any atom is 0.261 e. The topological polar surface area (TPSA) is 73.8 Å². The van der Waals surface area contributed by atoms with Crippen LogP contribution in [0.4, 0.5) is 0 Å². The number of fused-ring (bicyclic) bond motifs is 1. The SMILES string of the molecule is O=C(CCCN1C(=O)c2cccc3cccc(c23)C1=O)N1CCN(Cc2cccc3cccnc23)CC1. The molecule has 0 radical (unpaired) electrons. The van der Waals surface area contributed by atoms with Crippen molar-refractivity contribution >= 4 is 39.4 Å². The van der Waals surface area contributed by atoms with Crippen LogP contribution in [0.25, 0.3) is 21.7 Å². The van der Waals surface area contributed by atoms with E-state index in [1.54, 1.807) is 12.1 Å². The molecular weight excluding hydrogens is 464 g/mol. The van der Waals surface area contributed by atoms with Gasteiger partial charge >= 0.3 is 0 Å². The number of aromatic nitrogens is 1. The molecule has 186 valence electrons. The molecule has 3 amide bonds. The monoisotopic (exact) mass is 492 g/mol. The summed E-state index contributed by atoms with van der Waals surface area (Å²) in [7, 11) is 0. The van der Waals surface area contributed by atoms with E-state index in [9.17, 15) is 14.4 Å². The Morgan fingerprint density at radius 1 is 0.784 bits per heavy atom. The lowest BCUT2D eigenvalue weighted by molar-refractivity contribution is -0.133. The van der Waals surface area contributed by atoms with Gasteiger partial charge < -0.3 is 4.90 Å². The van der Waals surface area contributed by atoms with Gasteiger partial charge in [-0.25, -0.2) is 0 Å². The Labute approximate surface area is 215 Å². The Morgan fingerprint density at radius 3 is 2.16 bits per heavy atom. The molecule has 0 unspecified atom stereocenters. The number of nitrogens with zero attached hydrogens (tertiary/aromatic N) is 4. The number of carbonyl (C=O) groups excluding carboxylic acids is 3. The van der Waals surface area contributed by atoms with Crippen molar-refractivity contribution in [2.45, 2.75) is 19.4 Å². The van der Waals surface area contributed by atoms with Gasteiger partial charge in [-0.2, -0.15) is 0 Å². The molecule has 1 saturated heterocycles. The minimum absolute atomic E-state index is 0.0749. The fraction of sp³-hybridized carbons (Fsp3) is 0.267. The summed E-state index contributed by atoms with van der Waals surface area (Å²) in [4.78, 5) is 49.1. The second-order valence-electron chi connectivity index (χ2n) is 9.72. The molecule has 0 aliphatic carbocycles. The highest BCUT2D eigenvalue weighted by Crippen LogP contribution is 2.30. The van der Waals surface area contributed by atoms with E-state index < -0.39 is 0 Å². The number of amides is 3. The molecule has 4 aromatic rings. The van der Waals surface area contributed by atoms with Crippen LogP contribution in [0.2, 0.25) is 0 Å². The van der Waals surface area contributed by atoms with Crippen LogP contribution in [0.5, 0.6) is 0 Å². The lowest BCUT2D eigenvalue weighted by Gasteiger charge is -2.35. The number of benzene rings is 3. The molecule has 1 fully saturated rings. The van der Waals surface area contributed by atoms with Gasteiger partial charge in [-0.15, -0.1) is 0 Å². The number of hydrogen-bond acceptors (Lipinski definition) is 5.